The molecule has 1 fully saturated rings. The van der Waals surface area contributed by atoms with Gasteiger partial charge in [-0.1, -0.05) is 22.0 Å². The number of amides is 1. The smallest absolute Gasteiger partial charge is 0.286 e. The van der Waals surface area contributed by atoms with E-state index in [-0.39, 0.29) is 23.3 Å². The van der Waals surface area contributed by atoms with Crippen LogP contribution in [0.2, 0.25) is 0 Å². The zero-order valence-electron chi connectivity index (χ0n) is 17.6. The van der Waals surface area contributed by atoms with Gasteiger partial charge in [0, 0.05) is 28.5 Å². The zero-order valence-corrected chi connectivity index (χ0v) is 19.2. The highest BCUT2D eigenvalue weighted by molar-refractivity contribution is 9.10. The number of aromatic amines is 1. The second-order valence-corrected chi connectivity index (χ2v) is 8.78. The highest BCUT2D eigenvalue weighted by Crippen LogP contribution is 2.35. The van der Waals surface area contributed by atoms with Gasteiger partial charge in [0.05, 0.1) is 23.0 Å². The normalized spacial score (nSPS) is 14.1. The van der Waals surface area contributed by atoms with Gasteiger partial charge < -0.3 is 10.3 Å². The summed E-state index contributed by atoms with van der Waals surface area (Å²) in [6, 6.07) is 9.76. The van der Waals surface area contributed by atoms with Crippen molar-refractivity contribution in [2.24, 2.45) is 5.92 Å². The molecule has 1 atom stereocenters. The van der Waals surface area contributed by atoms with Crippen LogP contribution in [0.5, 0.6) is 0 Å². The third-order valence-corrected chi connectivity index (χ3v) is 5.77. The molecule has 2 heterocycles. The molecule has 0 bridgehead atoms. The van der Waals surface area contributed by atoms with E-state index in [2.05, 4.69) is 36.7 Å². The van der Waals surface area contributed by atoms with Crippen molar-refractivity contribution in [1.29, 1.82) is 0 Å². The molecule has 7 nitrogen and oxygen atoms in total. The van der Waals surface area contributed by atoms with Gasteiger partial charge in [0.15, 0.2) is 0 Å². The van der Waals surface area contributed by atoms with E-state index in [0.717, 1.165) is 30.4 Å². The first-order valence-corrected chi connectivity index (χ1v) is 11.1. The minimum Gasteiger partial charge on any atom is -0.350 e. The summed E-state index contributed by atoms with van der Waals surface area (Å²) < 4.78 is 29.4. The van der Waals surface area contributed by atoms with Crippen LogP contribution in [0.25, 0.3) is 0 Å². The molecule has 0 aliphatic heterocycles. The molecule has 0 spiro atoms. The fraction of sp³-hybridized carbons (Fsp3) is 0.261. The lowest BCUT2D eigenvalue weighted by atomic mass is 10.1. The van der Waals surface area contributed by atoms with E-state index in [0.29, 0.717) is 10.9 Å². The molecule has 2 aromatic heterocycles. The van der Waals surface area contributed by atoms with Gasteiger partial charge in [0.2, 0.25) is 5.82 Å². The Kier molecular flexibility index (Phi) is 6.85. The number of carbonyl (C=O) groups excluding carboxylic acids is 1. The number of hydroxylamine groups is 1. The molecular formula is C23H21BrF2N4O3. The number of aryl methyl sites for hydroxylation is 1. The highest BCUT2D eigenvalue weighted by atomic mass is 79.9. The number of H-pyrrole nitrogens is 1. The Morgan fingerprint density at radius 1 is 1.30 bits per heavy atom. The number of pyridine rings is 2. The molecule has 10 heteroatoms. The van der Waals surface area contributed by atoms with Gasteiger partial charge in [0.1, 0.15) is 5.82 Å². The van der Waals surface area contributed by atoms with Crippen molar-refractivity contribution in [3.05, 3.63) is 86.0 Å². The number of benzene rings is 1. The number of hydrogen-bond donors (Lipinski definition) is 3. The van der Waals surface area contributed by atoms with Crippen molar-refractivity contribution in [3.63, 3.8) is 0 Å². The summed E-state index contributed by atoms with van der Waals surface area (Å²) in [5, 5.41) is 2.51. The lowest BCUT2D eigenvalue weighted by molar-refractivity contribution is -0.0260. The monoisotopic (exact) mass is 518 g/mol. The van der Waals surface area contributed by atoms with E-state index in [1.165, 1.54) is 12.1 Å². The Morgan fingerprint density at radius 2 is 2.09 bits per heavy atom. The summed E-state index contributed by atoms with van der Waals surface area (Å²) in [5.41, 5.74) is 2.23. The Balaban J connectivity index is 1.52. The van der Waals surface area contributed by atoms with Gasteiger partial charge in [-0.15, -0.1) is 0 Å². The van der Waals surface area contributed by atoms with Crippen molar-refractivity contribution >= 4 is 33.2 Å². The molecule has 1 aromatic carbocycles. The van der Waals surface area contributed by atoms with Crippen molar-refractivity contribution < 1.29 is 18.4 Å². The molecule has 1 amide bonds. The Labute approximate surface area is 196 Å². The van der Waals surface area contributed by atoms with E-state index in [1.807, 2.05) is 25.1 Å². The fourth-order valence-corrected chi connectivity index (χ4v) is 3.74. The average Bonchev–Trinajstić information content (AvgIpc) is 3.61. The van der Waals surface area contributed by atoms with Gasteiger partial charge in [-0.3, -0.25) is 19.4 Å². The predicted octanol–water partition coefficient (Wildman–Crippen LogP) is 4.55. The number of nitrogens with one attached hydrogen (secondary N) is 3. The first-order valence-electron chi connectivity index (χ1n) is 10.3. The molecule has 1 aliphatic rings. The number of anilines is 2. The largest absolute Gasteiger partial charge is 0.350 e. The highest BCUT2D eigenvalue weighted by Gasteiger charge is 2.33. The summed E-state index contributed by atoms with van der Waals surface area (Å²) in [7, 11) is 0. The molecule has 33 heavy (non-hydrogen) atoms. The first-order chi connectivity index (χ1) is 15.8. The summed E-state index contributed by atoms with van der Waals surface area (Å²) in [5.74, 6) is -2.44. The Morgan fingerprint density at radius 3 is 2.79 bits per heavy atom. The lowest BCUT2D eigenvalue weighted by Gasteiger charge is -2.18. The predicted molar refractivity (Wildman–Crippen MR) is 122 cm³/mol. The third-order valence-electron chi connectivity index (χ3n) is 5.28. The van der Waals surface area contributed by atoms with Crippen molar-refractivity contribution in [3.8, 4) is 0 Å². The molecule has 3 aromatic rings. The molecule has 3 N–H and O–H groups in total. The number of halogens is 3. The van der Waals surface area contributed by atoms with Crippen LogP contribution in [-0.2, 0) is 11.3 Å². The van der Waals surface area contributed by atoms with Crippen LogP contribution < -0.4 is 16.4 Å². The standard InChI is InChI=1S/C23H21BrF2N4O3/c1-12-3-2-4-15(28-12)10-19(13-5-6-13)33-30-22(31)16-11-27-23(32)20(26)21(16)29-18-8-7-14(24)9-17(18)25/h2-4,7-9,11,13,19H,5-6,10H2,1H3,(H,30,31)(H2,27,29,32). The van der Waals surface area contributed by atoms with Crippen LogP contribution in [0.1, 0.15) is 34.6 Å². The van der Waals surface area contributed by atoms with Crippen molar-refractivity contribution in [2.75, 3.05) is 5.32 Å². The van der Waals surface area contributed by atoms with Gasteiger partial charge in [-0.05, 0) is 56.0 Å². The molecule has 1 saturated carbocycles. The number of carbonyl (C=O) groups is 1. The lowest BCUT2D eigenvalue weighted by Crippen LogP contribution is -2.33. The van der Waals surface area contributed by atoms with Crippen molar-refractivity contribution in [1.82, 2.24) is 15.4 Å². The molecular weight excluding hydrogens is 498 g/mol. The van der Waals surface area contributed by atoms with Crippen LogP contribution in [0.4, 0.5) is 20.2 Å². The van der Waals surface area contributed by atoms with E-state index in [4.69, 9.17) is 4.84 Å². The van der Waals surface area contributed by atoms with Gasteiger partial charge in [-0.25, -0.2) is 9.87 Å². The molecule has 1 aliphatic carbocycles. The van der Waals surface area contributed by atoms with Crippen LogP contribution in [0.3, 0.4) is 0 Å². The molecule has 4 rings (SSSR count). The maximum atomic E-state index is 14.6. The fourth-order valence-electron chi connectivity index (χ4n) is 3.41. The van der Waals surface area contributed by atoms with Crippen molar-refractivity contribution in [2.45, 2.75) is 32.3 Å². The Bertz CT molecular complexity index is 1250. The summed E-state index contributed by atoms with van der Waals surface area (Å²) in [6.07, 6.45) is 3.18. The molecule has 0 radical (unpaired) electrons. The van der Waals surface area contributed by atoms with Crippen LogP contribution in [0.15, 0.2) is 51.9 Å². The van der Waals surface area contributed by atoms with Gasteiger partial charge >= 0.3 is 0 Å². The maximum absolute atomic E-state index is 14.6. The van der Waals surface area contributed by atoms with E-state index < -0.39 is 28.8 Å². The summed E-state index contributed by atoms with van der Waals surface area (Å²) >= 11 is 3.14. The van der Waals surface area contributed by atoms with Gasteiger partial charge in [-0.2, -0.15) is 4.39 Å². The van der Waals surface area contributed by atoms with E-state index in [9.17, 15) is 18.4 Å². The minimum atomic E-state index is -1.24. The summed E-state index contributed by atoms with van der Waals surface area (Å²) in [6.45, 7) is 1.89. The van der Waals surface area contributed by atoms with Crippen LogP contribution >= 0.6 is 15.9 Å². The first kappa shape index (κ1) is 23.1. The second kappa shape index (κ2) is 9.80. The number of rotatable bonds is 8. The SMILES string of the molecule is Cc1cccc(CC(ONC(=O)c2c[nH]c(=O)c(F)c2Nc2ccc(Br)cc2F)C2CC2)n1. The topological polar surface area (TPSA) is 96.1 Å². The Hall–Kier alpha value is -3.11. The number of aromatic nitrogens is 2. The molecule has 172 valence electrons. The second-order valence-electron chi connectivity index (χ2n) is 7.87. The van der Waals surface area contributed by atoms with E-state index in [1.54, 1.807) is 6.07 Å². The quantitative estimate of drug-likeness (QED) is 0.380. The van der Waals surface area contributed by atoms with Crippen LogP contribution in [-0.4, -0.2) is 22.0 Å². The van der Waals surface area contributed by atoms with E-state index >= 15 is 0 Å². The van der Waals surface area contributed by atoms with Crippen LogP contribution in [0, 0.1) is 24.5 Å². The molecule has 0 saturated heterocycles. The van der Waals surface area contributed by atoms with Gasteiger partial charge in [0.25, 0.3) is 11.5 Å². The zero-order chi connectivity index (χ0) is 23.5. The number of nitrogens with zero attached hydrogens (tertiary/aromatic N) is 1. The average molecular weight is 519 g/mol. The summed E-state index contributed by atoms with van der Waals surface area (Å²) in [4.78, 5) is 36.9. The third kappa shape index (κ3) is 5.63. The maximum Gasteiger partial charge on any atom is 0.286 e. The minimum absolute atomic E-state index is 0.0981. The number of hydrogen-bond acceptors (Lipinski definition) is 5. The molecule has 1 unspecified atom stereocenters.